The molecular formula is C18H20BrNO3. The number of methoxy groups -OCH3 is 1. The maximum Gasteiger partial charge on any atom is 0.255 e. The summed E-state index contributed by atoms with van der Waals surface area (Å²) in [6, 6.07) is 12.8. The van der Waals surface area contributed by atoms with Crippen molar-refractivity contribution in [2.24, 2.45) is 0 Å². The molecule has 0 aliphatic carbocycles. The van der Waals surface area contributed by atoms with Crippen LogP contribution in [0.2, 0.25) is 0 Å². The van der Waals surface area contributed by atoms with Crippen LogP contribution in [-0.4, -0.2) is 19.6 Å². The van der Waals surface area contributed by atoms with Crippen LogP contribution in [0.4, 0.5) is 5.69 Å². The van der Waals surface area contributed by atoms with Crippen LogP contribution in [0.15, 0.2) is 46.9 Å². The van der Waals surface area contributed by atoms with Gasteiger partial charge in [-0.15, -0.1) is 0 Å². The van der Waals surface area contributed by atoms with E-state index in [1.807, 2.05) is 30.3 Å². The first-order valence-electron chi connectivity index (χ1n) is 7.45. The summed E-state index contributed by atoms with van der Waals surface area (Å²) in [5.74, 6) is 0.558. The highest BCUT2D eigenvalue weighted by Gasteiger charge is 2.11. The Morgan fingerprint density at radius 3 is 2.74 bits per heavy atom. The first-order valence-corrected chi connectivity index (χ1v) is 8.25. The number of hydrogen-bond acceptors (Lipinski definition) is 3. The minimum absolute atomic E-state index is 0.164. The maximum absolute atomic E-state index is 12.4. The third kappa shape index (κ3) is 5.08. The average Bonchev–Trinajstić information content (AvgIpc) is 2.55. The van der Waals surface area contributed by atoms with Gasteiger partial charge in [0.1, 0.15) is 5.75 Å². The van der Waals surface area contributed by atoms with Gasteiger partial charge in [0, 0.05) is 27.9 Å². The van der Waals surface area contributed by atoms with E-state index in [-0.39, 0.29) is 5.91 Å². The minimum Gasteiger partial charge on any atom is -0.496 e. The SMILES string of the molecule is CCCOCc1cc(C(=O)Nc2cccc(Br)c2)ccc1OC. The molecule has 0 radical (unpaired) electrons. The van der Waals surface area contributed by atoms with E-state index < -0.39 is 0 Å². The lowest BCUT2D eigenvalue weighted by atomic mass is 10.1. The van der Waals surface area contributed by atoms with Gasteiger partial charge >= 0.3 is 0 Å². The average molecular weight is 378 g/mol. The number of amides is 1. The van der Waals surface area contributed by atoms with E-state index in [0.29, 0.717) is 18.8 Å². The molecule has 1 amide bonds. The van der Waals surface area contributed by atoms with Crippen molar-refractivity contribution in [3.8, 4) is 5.75 Å². The summed E-state index contributed by atoms with van der Waals surface area (Å²) in [6.07, 6.45) is 0.950. The smallest absolute Gasteiger partial charge is 0.255 e. The molecule has 0 atom stereocenters. The zero-order valence-corrected chi connectivity index (χ0v) is 14.9. The summed E-state index contributed by atoms with van der Waals surface area (Å²) in [6.45, 7) is 3.16. The molecule has 2 aromatic carbocycles. The molecule has 122 valence electrons. The van der Waals surface area contributed by atoms with Crippen LogP contribution in [0.5, 0.6) is 5.75 Å². The Bertz CT molecular complexity index is 673. The number of carbonyl (C=O) groups is 1. The van der Waals surface area contributed by atoms with Crippen LogP contribution in [0.3, 0.4) is 0 Å². The summed E-state index contributed by atoms with van der Waals surface area (Å²) in [5, 5.41) is 2.88. The van der Waals surface area contributed by atoms with Gasteiger partial charge in [-0.3, -0.25) is 4.79 Å². The predicted octanol–water partition coefficient (Wildman–Crippen LogP) is 4.64. The molecule has 0 saturated carbocycles. The lowest BCUT2D eigenvalue weighted by Gasteiger charge is -2.11. The molecule has 0 bridgehead atoms. The van der Waals surface area contributed by atoms with Crippen molar-refractivity contribution >= 4 is 27.5 Å². The van der Waals surface area contributed by atoms with Gasteiger partial charge in [0.2, 0.25) is 0 Å². The minimum atomic E-state index is -0.164. The zero-order chi connectivity index (χ0) is 16.7. The highest BCUT2D eigenvalue weighted by molar-refractivity contribution is 9.10. The molecule has 1 N–H and O–H groups in total. The lowest BCUT2D eigenvalue weighted by Crippen LogP contribution is -2.12. The first kappa shape index (κ1) is 17.5. The number of ether oxygens (including phenoxy) is 2. The lowest BCUT2D eigenvalue weighted by molar-refractivity contribution is 0.102. The molecule has 0 saturated heterocycles. The monoisotopic (exact) mass is 377 g/mol. The number of benzene rings is 2. The molecular weight excluding hydrogens is 358 g/mol. The van der Waals surface area contributed by atoms with E-state index in [0.717, 1.165) is 27.9 Å². The van der Waals surface area contributed by atoms with Crippen molar-refractivity contribution < 1.29 is 14.3 Å². The van der Waals surface area contributed by atoms with Crippen molar-refractivity contribution in [3.05, 3.63) is 58.1 Å². The van der Waals surface area contributed by atoms with Gasteiger partial charge < -0.3 is 14.8 Å². The number of anilines is 1. The van der Waals surface area contributed by atoms with Crippen LogP contribution in [0, 0.1) is 0 Å². The summed E-state index contributed by atoms with van der Waals surface area (Å²) in [7, 11) is 1.61. The van der Waals surface area contributed by atoms with Crippen LogP contribution < -0.4 is 10.1 Å². The van der Waals surface area contributed by atoms with Gasteiger partial charge in [0.25, 0.3) is 5.91 Å². The molecule has 0 fully saturated rings. The summed E-state index contributed by atoms with van der Waals surface area (Å²) >= 11 is 3.39. The fourth-order valence-electron chi connectivity index (χ4n) is 2.13. The quantitative estimate of drug-likeness (QED) is 0.715. The second kappa shape index (κ2) is 8.70. The van der Waals surface area contributed by atoms with Crippen LogP contribution in [-0.2, 0) is 11.3 Å². The van der Waals surface area contributed by atoms with E-state index in [4.69, 9.17) is 9.47 Å². The Labute approximate surface area is 144 Å². The highest BCUT2D eigenvalue weighted by Crippen LogP contribution is 2.22. The zero-order valence-electron chi connectivity index (χ0n) is 13.3. The Morgan fingerprint density at radius 2 is 2.04 bits per heavy atom. The van der Waals surface area contributed by atoms with E-state index in [1.165, 1.54) is 0 Å². The Morgan fingerprint density at radius 1 is 1.22 bits per heavy atom. The van der Waals surface area contributed by atoms with Crippen molar-refractivity contribution in [2.75, 3.05) is 19.0 Å². The Balaban J connectivity index is 2.14. The number of carbonyl (C=O) groups excluding carboxylic acids is 1. The molecule has 0 heterocycles. The Hall–Kier alpha value is -1.85. The standard InChI is InChI=1S/C18H20BrNO3/c1-3-9-23-12-14-10-13(7-8-17(14)22-2)18(21)20-16-6-4-5-15(19)11-16/h4-8,10-11H,3,9,12H2,1-2H3,(H,20,21). The fourth-order valence-corrected chi connectivity index (χ4v) is 2.53. The third-order valence-electron chi connectivity index (χ3n) is 3.23. The van der Waals surface area contributed by atoms with Gasteiger partial charge in [0.05, 0.1) is 13.7 Å². The van der Waals surface area contributed by atoms with E-state index in [2.05, 4.69) is 28.2 Å². The first-order chi connectivity index (χ1) is 11.1. The van der Waals surface area contributed by atoms with Gasteiger partial charge in [0.15, 0.2) is 0 Å². The number of hydrogen-bond donors (Lipinski definition) is 1. The Kier molecular flexibility index (Phi) is 6.62. The number of rotatable bonds is 7. The molecule has 0 unspecified atom stereocenters. The molecule has 0 spiro atoms. The molecule has 0 aliphatic rings. The summed E-state index contributed by atoms with van der Waals surface area (Å²) in [5.41, 5.74) is 2.17. The molecule has 0 aliphatic heterocycles. The van der Waals surface area contributed by atoms with Crippen LogP contribution in [0.1, 0.15) is 29.3 Å². The van der Waals surface area contributed by atoms with Crippen molar-refractivity contribution in [1.29, 1.82) is 0 Å². The topological polar surface area (TPSA) is 47.6 Å². The van der Waals surface area contributed by atoms with Gasteiger partial charge in [-0.25, -0.2) is 0 Å². The molecule has 5 heteroatoms. The summed E-state index contributed by atoms with van der Waals surface area (Å²) in [4.78, 5) is 12.4. The van der Waals surface area contributed by atoms with Crippen molar-refractivity contribution in [2.45, 2.75) is 20.0 Å². The molecule has 0 aromatic heterocycles. The van der Waals surface area contributed by atoms with Crippen molar-refractivity contribution in [1.82, 2.24) is 0 Å². The summed E-state index contributed by atoms with van der Waals surface area (Å²) < 4.78 is 11.8. The maximum atomic E-state index is 12.4. The second-order valence-electron chi connectivity index (χ2n) is 5.04. The van der Waals surface area contributed by atoms with E-state index >= 15 is 0 Å². The van der Waals surface area contributed by atoms with Gasteiger partial charge in [-0.1, -0.05) is 28.9 Å². The number of halogens is 1. The predicted molar refractivity (Wildman–Crippen MR) is 95.0 cm³/mol. The molecule has 2 rings (SSSR count). The number of nitrogens with one attached hydrogen (secondary N) is 1. The molecule has 23 heavy (non-hydrogen) atoms. The largest absolute Gasteiger partial charge is 0.496 e. The highest BCUT2D eigenvalue weighted by atomic mass is 79.9. The van der Waals surface area contributed by atoms with Gasteiger partial charge in [-0.05, 0) is 42.8 Å². The van der Waals surface area contributed by atoms with Crippen LogP contribution in [0.25, 0.3) is 0 Å². The van der Waals surface area contributed by atoms with Crippen molar-refractivity contribution in [3.63, 3.8) is 0 Å². The molecule has 2 aromatic rings. The van der Waals surface area contributed by atoms with Crippen LogP contribution >= 0.6 is 15.9 Å². The van der Waals surface area contributed by atoms with E-state index in [1.54, 1.807) is 19.2 Å². The van der Waals surface area contributed by atoms with E-state index in [9.17, 15) is 4.79 Å². The molecule has 4 nitrogen and oxygen atoms in total. The fraction of sp³-hybridized carbons (Fsp3) is 0.278. The third-order valence-corrected chi connectivity index (χ3v) is 3.72. The second-order valence-corrected chi connectivity index (χ2v) is 5.96. The normalized spacial score (nSPS) is 10.4. The van der Waals surface area contributed by atoms with Gasteiger partial charge in [-0.2, -0.15) is 0 Å².